The van der Waals surface area contributed by atoms with Crippen molar-refractivity contribution in [3.8, 4) is 0 Å². The summed E-state index contributed by atoms with van der Waals surface area (Å²) in [5.41, 5.74) is 3.20. The van der Waals surface area contributed by atoms with Crippen molar-refractivity contribution in [3.05, 3.63) is 106 Å². The molecule has 8 heteroatoms. The number of carbonyl (C=O) groups is 4. The van der Waals surface area contributed by atoms with Gasteiger partial charge in [0.05, 0.1) is 12.1 Å². The molecule has 2 heterocycles. The van der Waals surface area contributed by atoms with E-state index in [1.54, 1.807) is 47.8 Å². The van der Waals surface area contributed by atoms with Gasteiger partial charge in [0.15, 0.2) is 0 Å². The second-order valence-corrected chi connectivity index (χ2v) is 11.9. The summed E-state index contributed by atoms with van der Waals surface area (Å²) in [6, 6.07) is 15.3. The largest absolute Gasteiger partial charge is 0.269 e. The predicted octanol–water partition coefficient (Wildman–Crippen LogP) is 6.14. The molecular weight excluding hydrogens is 540 g/mol. The van der Waals surface area contributed by atoms with Crippen LogP contribution in [0.3, 0.4) is 0 Å². The Kier molecular flexibility index (Phi) is 7.15. The number of imide groups is 2. The number of thioether (sulfide) groups is 2. The third kappa shape index (κ3) is 4.12. The molecule has 2 unspecified atom stereocenters. The predicted molar refractivity (Wildman–Crippen MR) is 161 cm³/mol. The third-order valence-corrected chi connectivity index (χ3v) is 9.12. The van der Waals surface area contributed by atoms with Gasteiger partial charge in [-0.1, -0.05) is 48.6 Å². The summed E-state index contributed by atoms with van der Waals surface area (Å²) in [6.07, 6.45) is 11.9. The van der Waals surface area contributed by atoms with Crippen molar-refractivity contribution in [1.29, 1.82) is 0 Å². The lowest BCUT2D eigenvalue weighted by molar-refractivity contribution is 0.0540. The molecule has 40 heavy (non-hydrogen) atoms. The molecule has 0 N–H and O–H groups in total. The van der Waals surface area contributed by atoms with Crippen LogP contribution in [0, 0.1) is 0 Å². The second-order valence-electron chi connectivity index (χ2n) is 10.1. The van der Waals surface area contributed by atoms with Crippen LogP contribution in [0.1, 0.15) is 65.9 Å². The van der Waals surface area contributed by atoms with Gasteiger partial charge in [-0.15, -0.1) is 0 Å². The van der Waals surface area contributed by atoms with Crippen LogP contribution in [0.5, 0.6) is 0 Å². The van der Waals surface area contributed by atoms with Crippen molar-refractivity contribution in [2.45, 2.75) is 24.9 Å². The smallest absolute Gasteiger partial charge is 0.262 e. The number of benzene rings is 3. The van der Waals surface area contributed by atoms with Gasteiger partial charge in [-0.25, -0.2) is 0 Å². The molecule has 3 aliphatic rings. The van der Waals surface area contributed by atoms with Gasteiger partial charge in [0.1, 0.15) is 0 Å². The molecule has 0 saturated heterocycles. The van der Waals surface area contributed by atoms with Gasteiger partial charge in [0.2, 0.25) is 0 Å². The Labute approximate surface area is 241 Å². The van der Waals surface area contributed by atoms with Crippen LogP contribution < -0.4 is 0 Å². The maximum absolute atomic E-state index is 14.0. The number of hydrogen-bond donors (Lipinski definition) is 0. The first-order valence-electron chi connectivity index (χ1n) is 13.2. The average Bonchev–Trinajstić information content (AvgIpc) is 2.99. The molecule has 0 saturated carbocycles. The van der Waals surface area contributed by atoms with E-state index in [-0.39, 0.29) is 0 Å². The van der Waals surface area contributed by atoms with Gasteiger partial charge >= 0.3 is 0 Å². The standard InChI is InChI=1S/C32H28N2O4S2/c1-39-17-25(19-9-5-3-6-10-19)33-29(35)21-13-15-23-28-24(16-14-22(27(21)28)30(33)36)32(38)34(31(23)37)26(18-40-2)20-11-7-4-8-12-20/h3,5-7,9-16,25-26H,4,8,17-18H2,1-2H3. The highest BCUT2D eigenvalue weighted by Gasteiger charge is 2.43. The minimum atomic E-state index is -0.450. The topological polar surface area (TPSA) is 74.8 Å². The highest BCUT2D eigenvalue weighted by Crippen LogP contribution is 2.41. The molecule has 0 fully saturated rings. The zero-order valence-electron chi connectivity index (χ0n) is 22.3. The van der Waals surface area contributed by atoms with Gasteiger partial charge in [-0.2, -0.15) is 23.5 Å². The number of hydrogen-bond acceptors (Lipinski definition) is 6. The van der Waals surface area contributed by atoms with Crippen LogP contribution in [0.4, 0.5) is 0 Å². The van der Waals surface area contributed by atoms with Crippen LogP contribution in [0.15, 0.2) is 78.4 Å². The second kappa shape index (κ2) is 10.7. The molecule has 0 radical (unpaired) electrons. The molecule has 2 atom stereocenters. The van der Waals surface area contributed by atoms with Crippen molar-refractivity contribution in [2.24, 2.45) is 0 Å². The summed E-state index contributed by atoms with van der Waals surface area (Å²) in [4.78, 5) is 58.5. The van der Waals surface area contributed by atoms with E-state index in [4.69, 9.17) is 0 Å². The fourth-order valence-electron chi connectivity index (χ4n) is 5.99. The van der Waals surface area contributed by atoms with Gasteiger partial charge in [0.25, 0.3) is 23.6 Å². The van der Waals surface area contributed by atoms with Crippen LogP contribution >= 0.6 is 23.5 Å². The molecule has 3 aromatic carbocycles. The lowest BCUT2D eigenvalue weighted by Gasteiger charge is -2.37. The van der Waals surface area contributed by atoms with Crippen molar-refractivity contribution in [3.63, 3.8) is 0 Å². The number of rotatable bonds is 8. The minimum absolute atomic E-state index is 0.338. The van der Waals surface area contributed by atoms with Crippen LogP contribution in [0.25, 0.3) is 10.8 Å². The molecule has 0 aromatic heterocycles. The van der Waals surface area contributed by atoms with Crippen LogP contribution in [0.2, 0.25) is 0 Å². The summed E-state index contributed by atoms with van der Waals surface area (Å²) >= 11 is 3.14. The van der Waals surface area contributed by atoms with Gasteiger partial charge in [-0.3, -0.25) is 29.0 Å². The van der Waals surface area contributed by atoms with E-state index in [1.807, 2.05) is 48.9 Å². The van der Waals surface area contributed by atoms with Crippen molar-refractivity contribution >= 4 is 57.9 Å². The Bertz CT molecular complexity index is 1560. The Balaban J connectivity index is 1.48. The molecule has 3 aromatic rings. The number of carbonyl (C=O) groups excluding carboxylic acids is 4. The molecule has 6 rings (SSSR count). The normalized spacial score (nSPS) is 17.9. The summed E-state index contributed by atoms with van der Waals surface area (Å²) in [6.45, 7) is 0. The first kappa shape index (κ1) is 26.6. The monoisotopic (exact) mass is 568 g/mol. The zero-order valence-corrected chi connectivity index (χ0v) is 23.9. The molecule has 6 nitrogen and oxygen atoms in total. The quantitative estimate of drug-likeness (QED) is 0.304. The highest BCUT2D eigenvalue weighted by molar-refractivity contribution is 7.98. The van der Waals surface area contributed by atoms with Gasteiger partial charge in [-0.05, 0) is 60.8 Å². The summed E-state index contributed by atoms with van der Waals surface area (Å²) < 4.78 is 0. The van der Waals surface area contributed by atoms with E-state index in [0.717, 1.165) is 24.0 Å². The molecule has 202 valence electrons. The SMILES string of the molecule is CSCC(C1=CCCC=C1)N1C(=O)c2ccc3c4c(ccc(c24)C1=O)C(=O)N(C(CSC)c1ccccc1)C3=O. The molecule has 4 amide bonds. The van der Waals surface area contributed by atoms with Crippen LogP contribution in [-0.2, 0) is 0 Å². The fourth-order valence-corrected chi connectivity index (χ4v) is 7.30. The van der Waals surface area contributed by atoms with Crippen molar-refractivity contribution in [2.75, 3.05) is 24.0 Å². The molecular formula is C32H28N2O4S2. The Hall–Kier alpha value is -3.62. The van der Waals surface area contributed by atoms with E-state index in [9.17, 15) is 19.2 Å². The Morgan fingerprint density at radius 1 is 0.650 bits per heavy atom. The lowest BCUT2D eigenvalue weighted by Crippen LogP contribution is -2.49. The van der Waals surface area contributed by atoms with E-state index >= 15 is 0 Å². The third-order valence-electron chi connectivity index (χ3n) is 7.82. The van der Waals surface area contributed by atoms with E-state index in [2.05, 4.69) is 12.2 Å². The van der Waals surface area contributed by atoms with Gasteiger partial charge in [0, 0.05) is 44.5 Å². The summed E-state index contributed by atoms with van der Waals surface area (Å²) in [5.74, 6) is -0.499. The molecule has 2 aliphatic heterocycles. The summed E-state index contributed by atoms with van der Waals surface area (Å²) in [5, 5.41) is 0.802. The molecule has 0 spiro atoms. The number of nitrogens with zero attached hydrogens (tertiary/aromatic N) is 2. The minimum Gasteiger partial charge on any atom is -0.269 e. The van der Waals surface area contributed by atoms with Crippen molar-refractivity contribution < 1.29 is 19.2 Å². The zero-order chi connectivity index (χ0) is 28.0. The first-order valence-corrected chi connectivity index (χ1v) is 16.0. The lowest BCUT2D eigenvalue weighted by atomic mass is 9.84. The highest BCUT2D eigenvalue weighted by atomic mass is 32.2. The van der Waals surface area contributed by atoms with E-state index < -0.39 is 35.7 Å². The molecule has 1 aliphatic carbocycles. The van der Waals surface area contributed by atoms with Crippen molar-refractivity contribution in [1.82, 2.24) is 9.80 Å². The first-order chi connectivity index (χ1) is 19.5. The summed E-state index contributed by atoms with van der Waals surface area (Å²) in [7, 11) is 0. The molecule has 0 bridgehead atoms. The Morgan fingerprint density at radius 2 is 1.12 bits per heavy atom. The number of amides is 4. The average molecular weight is 569 g/mol. The maximum Gasteiger partial charge on any atom is 0.262 e. The van der Waals surface area contributed by atoms with E-state index in [1.165, 1.54) is 9.80 Å². The Morgan fingerprint density at radius 3 is 1.57 bits per heavy atom. The van der Waals surface area contributed by atoms with E-state index in [0.29, 0.717) is 44.5 Å². The number of allylic oxidation sites excluding steroid dienone is 2. The van der Waals surface area contributed by atoms with Gasteiger partial charge < -0.3 is 0 Å². The fraction of sp³-hybridized carbons (Fsp3) is 0.250. The van der Waals surface area contributed by atoms with Crippen LogP contribution in [-0.4, -0.2) is 63.5 Å². The maximum atomic E-state index is 14.0.